The van der Waals surface area contributed by atoms with Gasteiger partial charge in [-0.1, -0.05) is 6.42 Å². The minimum atomic E-state index is 0.374. The van der Waals surface area contributed by atoms with Gasteiger partial charge in [-0.05, 0) is 63.2 Å². The maximum Gasteiger partial charge on any atom is 0.0671 e. The third-order valence-corrected chi connectivity index (χ3v) is 5.55. The van der Waals surface area contributed by atoms with Crippen LogP contribution < -0.4 is 5.32 Å². The minimum absolute atomic E-state index is 0.374. The Hall–Kier alpha value is -0.0800. The highest BCUT2D eigenvalue weighted by Crippen LogP contribution is 2.58. The van der Waals surface area contributed by atoms with Gasteiger partial charge in [-0.3, -0.25) is 0 Å². The van der Waals surface area contributed by atoms with Crippen LogP contribution in [0.15, 0.2) is 0 Å². The van der Waals surface area contributed by atoms with Gasteiger partial charge in [0.1, 0.15) is 0 Å². The molecule has 3 rings (SSSR count). The van der Waals surface area contributed by atoms with Gasteiger partial charge in [-0.2, -0.15) is 0 Å². The molecule has 6 atom stereocenters. The molecule has 1 N–H and O–H groups in total. The second kappa shape index (κ2) is 4.89. The maximum atomic E-state index is 5.61. The van der Waals surface area contributed by atoms with Crippen molar-refractivity contribution < 1.29 is 4.74 Å². The Kier molecular flexibility index (Phi) is 3.45. The third kappa shape index (κ3) is 2.15. The molecule has 0 amide bonds. The number of nitrogens with one attached hydrogen (secondary N) is 1. The summed E-state index contributed by atoms with van der Waals surface area (Å²) < 4.78 is 5.61. The molecule has 3 aliphatic carbocycles. The van der Waals surface area contributed by atoms with Crippen LogP contribution in [0, 0.1) is 23.7 Å². The monoisotopic (exact) mass is 237 g/mol. The van der Waals surface area contributed by atoms with Crippen LogP contribution in [-0.4, -0.2) is 25.3 Å². The average molecular weight is 237 g/mol. The van der Waals surface area contributed by atoms with E-state index in [4.69, 9.17) is 4.74 Å². The quantitative estimate of drug-likeness (QED) is 0.794. The Bertz CT molecular complexity index is 268. The first-order valence-electron chi connectivity index (χ1n) is 7.64. The average Bonchev–Trinajstić information content (AvgIpc) is 2.98. The highest BCUT2D eigenvalue weighted by atomic mass is 16.5. The second-order valence-electron chi connectivity index (χ2n) is 6.43. The van der Waals surface area contributed by atoms with E-state index in [1.165, 1.54) is 32.1 Å². The molecule has 3 aliphatic rings. The van der Waals surface area contributed by atoms with E-state index >= 15 is 0 Å². The fourth-order valence-corrected chi connectivity index (χ4v) is 4.96. The summed E-state index contributed by atoms with van der Waals surface area (Å²) in [6.07, 6.45) is 7.91. The predicted molar refractivity (Wildman–Crippen MR) is 69.9 cm³/mol. The lowest BCUT2D eigenvalue weighted by Gasteiger charge is -2.32. The molecule has 3 saturated carbocycles. The van der Waals surface area contributed by atoms with Crippen LogP contribution >= 0.6 is 0 Å². The molecule has 0 radical (unpaired) electrons. The largest absolute Gasteiger partial charge is 0.377 e. The van der Waals surface area contributed by atoms with Crippen LogP contribution in [0.4, 0.5) is 0 Å². The first kappa shape index (κ1) is 12.0. The van der Waals surface area contributed by atoms with E-state index in [1.807, 2.05) is 0 Å². The lowest BCUT2D eigenvalue weighted by Crippen LogP contribution is -2.42. The van der Waals surface area contributed by atoms with E-state index in [-0.39, 0.29) is 0 Å². The zero-order chi connectivity index (χ0) is 11.8. The number of fused-ring (bicyclic) bond motifs is 5. The summed E-state index contributed by atoms with van der Waals surface area (Å²) >= 11 is 0. The van der Waals surface area contributed by atoms with Crippen LogP contribution in [0.25, 0.3) is 0 Å². The van der Waals surface area contributed by atoms with Crippen molar-refractivity contribution in [3.8, 4) is 0 Å². The maximum absolute atomic E-state index is 5.61. The Morgan fingerprint density at radius 2 is 2.00 bits per heavy atom. The molecule has 0 heterocycles. The van der Waals surface area contributed by atoms with Crippen LogP contribution in [-0.2, 0) is 4.74 Å². The van der Waals surface area contributed by atoms with Crippen molar-refractivity contribution in [2.75, 3.05) is 13.2 Å². The van der Waals surface area contributed by atoms with Crippen molar-refractivity contribution in [1.82, 2.24) is 5.32 Å². The van der Waals surface area contributed by atoms with Gasteiger partial charge < -0.3 is 10.1 Å². The summed E-state index contributed by atoms with van der Waals surface area (Å²) in [5.41, 5.74) is 0. The summed E-state index contributed by atoms with van der Waals surface area (Å²) in [5.74, 6) is 4.25. The molecule has 0 aromatic carbocycles. The number of ether oxygens (including phenoxy) is 1. The van der Waals surface area contributed by atoms with Crippen molar-refractivity contribution >= 4 is 0 Å². The zero-order valence-electron chi connectivity index (χ0n) is 11.3. The van der Waals surface area contributed by atoms with Crippen molar-refractivity contribution in [2.24, 2.45) is 23.7 Å². The summed E-state index contributed by atoms with van der Waals surface area (Å²) in [6.45, 7) is 6.14. The summed E-state index contributed by atoms with van der Waals surface area (Å²) in [6, 6.07) is 0.808. The second-order valence-corrected chi connectivity index (χ2v) is 6.43. The van der Waals surface area contributed by atoms with Gasteiger partial charge in [0.05, 0.1) is 6.10 Å². The molecule has 6 unspecified atom stereocenters. The normalized spacial score (nSPS) is 45.2. The highest BCUT2D eigenvalue weighted by molar-refractivity contribution is 5.05. The van der Waals surface area contributed by atoms with Crippen LogP contribution in [0.5, 0.6) is 0 Å². The van der Waals surface area contributed by atoms with E-state index in [0.717, 1.165) is 42.9 Å². The zero-order valence-corrected chi connectivity index (χ0v) is 11.3. The Morgan fingerprint density at radius 3 is 2.82 bits per heavy atom. The lowest BCUT2D eigenvalue weighted by molar-refractivity contribution is 0.0696. The fraction of sp³-hybridized carbons (Fsp3) is 1.00. The summed E-state index contributed by atoms with van der Waals surface area (Å²) in [5, 5.41) is 3.79. The number of hydrogen-bond donors (Lipinski definition) is 1. The molecule has 2 nitrogen and oxygen atoms in total. The van der Waals surface area contributed by atoms with Gasteiger partial charge in [0.25, 0.3) is 0 Å². The van der Waals surface area contributed by atoms with Gasteiger partial charge in [0, 0.05) is 19.2 Å². The molecule has 0 aliphatic heterocycles. The Labute approximate surface area is 105 Å². The standard InChI is InChI=1S/C15H27NO/c1-3-17-10(2)9-16-15-8-11-7-14(15)13-6-4-5-12(11)13/h10-16H,3-9H2,1-2H3. The van der Waals surface area contributed by atoms with Gasteiger partial charge in [-0.25, -0.2) is 0 Å². The van der Waals surface area contributed by atoms with Crippen molar-refractivity contribution in [3.63, 3.8) is 0 Å². The summed E-state index contributed by atoms with van der Waals surface area (Å²) in [4.78, 5) is 0. The SMILES string of the molecule is CCOC(C)CNC1CC2CC1C1CCCC21. The summed E-state index contributed by atoms with van der Waals surface area (Å²) in [7, 11) is 0. The Morgan fingerprint density at radius 1 is 1.18 bits per heavy atom. The van der Waals surface area contributed by atoms with Gasteiger partial charge in [-0.15, -0.1) is 0 Å². The molecule has 0 spiro atoms. The first-order valence-corrected chi connectivity index (χ1v) is 7.64. The molecule has 2 heteroatoms. The van der Waals surface area contributed by atoms with E-state index in [2.05, 4.69) is 19.2 Å². The van der Waals surface area contributed by atoms with Crippen LogP contribution in [0.1, 0.15) is 46.0 Å². The van der Waals surface area contributed by atoms with E-state index in [0.29, 0.717) is 6.10 Å². The topological polar surface area (TPSA) is 21.3 Å². The molecule has 2 bridgehead atoms. The Balaban J connectivity index is 1.50. The van der Waals surface area contributed by atoms with Gasteiger partial charge in [0.2, 0.25) is 0 Å². The predicted octanol–water partition coefficient (Wildman–Crippen LogP) is 2.83. The van der Waals surface area contributed by atoms with E-state index in [1.54, 1.807) is 0 Å². The molecular weight excluding hydrogens is 210 g/mol. The molecular formula is C15H27NO. The molecule has 98 valence electrons. The fourth-order valence-electron chi connectivity index (χ4n) is 4.96. The number of hydrogen-bond acceptors (Lipinski definition) is 2. The minimum Gasteiger partial charge on any atom is -0.377 e. The lowest BCUT2D eigenvalue weighted by atomic mass is 9.79. The third-order valence-electron chi connectivity index (χ3n) is 5.55. The molecule has 0 aromatic heterocycles. The van der Waals surface area contributed by atoms with Crippen LogP contribution in [0.2, 0.25) is 0 Å². The van der Waals surface area contributed by atoms with Crippen LogP contribution in [0.3, 0.4) is 0 Å². The van der Waals surface area contributed by atoms with Crippen molar-refractivity contribution in [1.29, 1.82) is 0 Å². The molecule has 17 heavy (non-hydrogen) atoms. The smallest absolute Gasteiger partial charge is 0.0671 e. The van der Waals surface area contributed by atoms with E-state index < -0.39 is 0 Å². The molecule has 0 saturated heterocycles. The number of rotatable bonds is 5. The van der Waals surface area contributed by atoms with Gasteiger partial charge >= 0.3 is 0 Å². The van der Waals surface area contributed by atoms with Crippen molar-refractivity contribution in [2.45, 2.75) is 58.1 Å². The molecule has 0 aromatic rings. The molecule has 3 fully saturated rings. The van der Waals surface area contributed by atoms with Gasteiger partial charge in [0.15, 0.2) is 0 Å². The first-order chi connectivity index (χ1) is 8.29. The van der Waals surface area contributed by atoms with E-state index in [9.17, 15) is 0 Å². The van der Waals surface area contributed by atoms with Crippen molar-refractivity contribution in [3.05, 3.63) is 0 Å². The highest BCUT2D eigenvalue weighted by Gasteiger charge is 2.53.